The monoisotopic (exact) mass is 260 g/mol. The molecule has 0 aliphatic rings. The first-order chi connectivity index (χ1) is 7.86. The smallest absolute Gasteiger partial charge is 0.258 e. The van der Waals surface area contributed by atoms with Crippen molar-refractivity contribution in [1.29, 1.82) is 0 Å². The summed E-state index contributed by atoms with van der Waals surface area (Å²) in [6.07, 6.45) is 1.21. The Hall–Kier alpha value is -1.41. The van der Waals surface area contributed by atoms with Crippen LogP contribution in [0.1, 0.15) is 19.7 Å². The van der Waals surface area contributed by atoms with Gasteiger partial charge in [0, 0.05) is 6.54 Å². The van der Waals surface area contributed by atoms with Gasteiger partial charge >= 0.3 is 0 Å². The molecule has 1 amide bonds. The predicted octanol–water partition coefficient (Wildman–Crippen LogP) is -0.479. The van der Waals surface area contributed by atoms with E-state index in [1.165, 1.54) is 13.1 Å². The molecule has 0 saturated carbocycles. The number of likely N-dealkylation sites (N-methyl/N-ethyl adjacent to an activating group) is 1. The number of nitrogens with zero attached hydrogens (tertiary/aromatic N) is 1. The highest BCUT2D eigenvalue weighted by Crippen LogP contribution is 2.05. The first-order valence-corrected chi connectivity index (χ1v) is 6.66. The van der Waals surface area contributed by atoms with Gasteiger partial charge in [0.15, 0.2) is 5.03 Å². The Morgan fingerprint density at radius 3 is 2.71 bits per heavy atom. The number of rotatable bonds is 5. The fourth-order valence-electron chi connectivity index (χ4n) is 1.21. The molecule has 0 saturated heterocycles. The fraction of sp³-hybridized carbons (Fsp3) is 0.556. The number of H-pyrrole nitrogens is 1. The maximum Gasteiger partial charge on any atom is 0.258 e. The Morgan fingerprint density at radius 1 is 1.59 bits per heavy atom. The van der Waals surface area contributed by atoms with E-state index >= 15 is 0 Å². The van der Waals surface area contributed by atoms with Gasteiger partial charge in [-0.1, -0.05) is 0 Å². The summed E-state index contributed by atoms with van der Waals surface area (Å²) in [5, 5.41) is 2.48. The van der Waals surface area contributed by atoms with Gasteiger partial charge in [0.25, 0.3) is 10.0 Å². The molecule has 3 N–H and O–H groups in total. The van der Waals surface area contributed by atoms with Gasteiger partial charge in [0.05, 0.1) is 12.2 Å². The lowest BCUT2D eigenvalue weighted by Gasteiger charge is -2.12. The largest absolute Gasteiger partial charge is 0.355 e. The third-order valence-corrected chi connectivity index (χ3v) is 3.50. The predicted molar refractivity (Wildman–Crippen MR) is 61.8 cm³/mol. The Balaban J connectivity index is 2.77. The van der Waals surface area contributed by atoms with Gasteiger partial charge in [-0.3, -0.25) is 4.79 Å². The lowest BCUT2D eigenvalue weighted by atomic mass is 10.3. The van der Waals surface area contributed by atoms with Crippen molar-refractivity contribution in [3.63, 3.8) is 0 Å². The van der Waals surface area contributed by atoms with E-state index in [9.17, 15) is 13.2 Å². The highest BCUT2D eigenvalue weighted by molar-refractivity contribution is 7.89. The number of aromatic nitrogens is 2. The molecular weight excluding hydrogens is 244 g/mol. The first kappa shape index (κ1) is 13.7. The third kappa shape index (κ3) is 3.53. The summed E-state index contributed by atoms with van der Waals surface area (Å²) in [6.45, 7) is 5.34. The highest BCUT2D eigenvalue weighted by atomic mass is 32.2. The molecule has 17 heavy (non-hydrogen) atoms. The molecule has 0 fully saturated rings. The van der Waals surface area contributed by atoms with Crippen LogP contribution in [-0.4, -0.2) is 36.9 Å². The Morgan fingerprint density at radius 2 is 2.24 bits per heavy atom. The lowest BCUT2D eigenvalue weighted by Crippen LogP contribution is -2.44. The Labute approximate surface area is 100 Å². The van der Waals surface area contributed by atoms with Crippen molar-refractivity contribution in [3.8, 4) is 0 Å². The van der Waals surface area contributed by atoms with Crippen LogP contribution in [0.3, 0.4) is 0 Å². The molecule has 0 bridgehead atoms. The van der Waals surface area contributed by atoms with Crippen molar-refractivity contribution in [2.45, 2.75) is 31.8 Å². The van der Waals surface area contributed by atoms with E-state index in [0.29, 0.717) is 12.4 Å². The van der Waals surface area contributed by atoms with Gasteiger partial charge in [-0.25, -0.2) is 13.4 Å². The summed E-state index contributed by atoms with van der Waals surface area (Å²) in [4.78, 5) is 17.8. The molecule has 0 radical (unpaired) electrons. The maximum atomic E-state index is 11.8. The van der Waals surface area contributed by atoms with E-state index in [1.54, 1.807) is 13.8 Å². The van der Waals surface area contributed by atoms with Crippen LogP contribution in [0.15, 0.2) is 11.2 Å². The van der Waals surface area contributed by atoms with Crippen molar-refractivity contribution in [1.82, 2.24) is 20.0 Å². The van der Waals surface area contributed by atoms with Crippen LogP contribution in [-0.2, 0) is 14.8 Å². The SMILES string of the molecule is CCNC(=O)C(C)NS(=O)(=O)c1cnc(C)[nH]1. The summed E-state index contributed by atoms with van der Waals surface area (Å²) in [7, 11) is -3.73. The van der Waals surface area contributed by atoms with Crippen molar-refractivity contribution in [3.05, 3.63) is 12.0 Å². The maximum absolute atomic E-state index is 11.8. The van der Waals surface area contributed by atoms with Crippen molar-refractivity contribution in [2.24, 2.45) is 0 Å². The van der Waals surface area contributed by atoms with E-state index < -0.39 is 16.1 Å². The van der Waals surface area contributed by atoms with Crippen LogP contribution in [0.4, 0.5) is 0 Å². The molecule has 1 aromatic heterocycles. The molecule has 96 valence electrons. The van der Waals surface area contributed by atoms with Crippen LogP contribution < -0.4 is 10.0 Å². The zero-order chi connectivity index (χ0) is 13.1. The number of aryl methyl sites for hydroxylation is 1. The van der Waals surface area contributed by atoms with Gasteiger partial charge in [-0.05, 0) is 20.8 Å². The minimum absolute atomic E-state index is 0.0499. The second-order valence-electron chi connectivity index (χ2n) is 3.57. The minimum atomic E-state index is -3.73. The number of imidazole rings is 1. The Kier molecular flexibility index (Phi) is 4.24. The number of sulfonamides is 1. The molecular formula is C9H16N4O3S. The van der Waals surface area contributed by atoms with Crippen molar-refractivity contribution >= 4 is 15.9 Å². The molecule has 8 heteroatoms. The van der Waals surface area contributed by atoms with E-state index in [2.05, 4.69) is 20.0 Å². The van der Waals surface area contributed by atoms with E-state index in [1.807, 2.05) is 0 Å². The number of aromatic amines is 1. The topological polar surface area (TPSA) is 104 Å². The van der Waals surface area contributed by atoms with Crippen LogP contribution >= 0.6 is 0 Å². The summed E-state index contributed by atoms with van der Waals surface area (Å²) < 4.78 is 25.9. The van der Waals surface area contributed by atoms with Crippen molar-refractivity contribution < 1.29 is 13.2 Å². The molecule has 1 unspecified atom stereocenters. The summed E-state index contributed by atoms with van der Waals surface area (Å²) in [6, 6.07) is -0.830. The molecule has 1 aromatic rings. The van der Waals surface area contributed by atoms with Crippen LogP contribution in [0.2, 0.25) is 0 Å². The Bertz CT molecular complexity index is 494. The van der Waals surface area contributed by atoms with Gasteiger partial charge in [-0.2, -0.15) is 4.72 Å². The van der Waals surface area contributed by atoms with Gasteiger partial charge in [-0.15, -0.1) is 0 Å². The lowest BCUT2D eigenvalue weighted by molar-refractivity contribution is -0.122. The van der Waals surface area contributed by atoms with E-state index in [-0.39, 0.29) is 10.9 Å². The number of carbonyl (C=O) groups is 1. The number of nitrogens with one attached hydrogen (secondary N) is 3. The number of carbonyl (C=O) groups excluding carboxylic acids is 1. The molecule has 1 rings (SSSR count). The van der Waals surface area contributed by atoms with E-state index in [4.69, 9.17) is 0 Å². The zero-order valence-corrected chi connectivity index (χ0v) is 10.8. The third-order valence-electron chi connectivity index (χ3n) is 2.05. The summed E-state index contributed by atoms with van der Waals surface area (Å²) in [5.74, 6) is 0.128. The van der Waals surface area contributed by atoms with Crippen molar-refractivity contribution in [2.75, 3.05) is 6.54 Å². The second kappa shape index (κ2) is 5.28. The minimum Gasteiger partial charge on any atom is -0.355 e. The van der Waals surface area contributed by atoms with Crippen LogP contribution in [0.25, 0.3) is 0 Å². The van der Waals surface area contributed by atoms with Gasteiger partial charge in [0.2, 0.25) is 5.91 Å². The second-order valence-corrected chi connectivity index (χ2v) is 5.25. The fourth-order valence-corrected chi connectivity index (χ4v) is 2.38. The number of amides is 1. The molecule has 0 spiro atoms. The van der Waals surface area contributed by atoms with Crippen LogP contribution in [0, 0.1) is 6.92 Å². The number of hydrogen-bond donors (Lipinski definition) is 3. The number of hydrogen-bond acceptors (Lipinski definition) is 4. The van der Waals surface area contributed by atoms with E-state index in [0.717, 1.165) is 0 Å². The average Bonchev–Trinajstić information content (AvgIpc) is 2.65. The quantitative estimate of drug-likeness (QED) is 0.665. The van der Waals surface area contributed by atoms with Crippen LogP contribution in [0.5, 0.6) is 0 Å². The molecule has 7 nitrogen and oxygen atoms in total. The highest BCUT2D eigenvalue weighted by Gasteiger charge is 2.22. The molecule has 1 heterocycles. The first-order valence-electron chi connectivity index (χ1n) is 5.18. The molecule has 0 aliphatic carbocycles. The summed E-state index contributed by atoms with van der Waals surface area (Å²) >= 11 is 0. The standard InChI is InChI=1S/C9H16N4O3S/c1-4-10-9(14)6(2)13-17(15,16)8-5-11-7(3)12-8/h5-6,13H,4H2,1-3H3,(H,10,14)(H,11,12). The normalized spacial score (nSPS) is 13.4. The molecule has 0 aliphatic heterocycles. The molecule has 0 aromatic carbocycles. The van der Waals surface area contributed by atoms with Gasteiger partial charge in [0.1, 0.15) is 5.82 Å². The average molecular weight is 260 g/mol. The zero-order valence-electron chi connectivity index (χ0n) is 9.94. The summed E-state index contributed by atoms with van der Waals surface area (Å²) in [5.41, 5.74) is 0. The van der Waals surface area contributed by atoms with Gasteiger partial charge < -0.3 is 10.3 Å². The molecule has 1 atom stereocenters.